The minimum Gasteiger partial charge on any atom is -0.493 e. The number of benzene rings is 2. The first-order valence-electron chi connectivity index (χ1n) is 16.3. The third-order valence-electron chi connectivity index (χ3n) is 9.17. The summed E-state index contributed by atoms with van der Waals surface area (Å²) in [6.45, 7) is 4.96. The molecular formula is C36H36F2N8O3. The first kappa shape index (κ1) is 32.0. The second kappa shape index (κ2) is 13.5. The highest BCUT2D eigenvalue weighted by Crippen LogP contribution is 2.37. The number of carbonyl (C=O) groups is 2. The van der Waals surface area contributed by atoms with Crippen LogP contribution in [0.2, 0.25) is 0 Å². The second-order valence-corrected chi connectivity index (χ2v) is 12.3. The Morgan fingerprint density at radius 3 is 2.59 bits per heavy atom. The number of carbonyl (C=O) groups excluding carboxylic acids is 2. The largest absolute Gasteiger partial charge is 0.493 e. The number of aryl methyl sites for hydroxylation is 2. The van der Waals surface area contributed by atoms with Crippen molar-refractivity contribution in [1.29, 1.82) is 0 Å². The van der Waals surface area contributed by atoms with E-state index in [-0.39, 0.29) is 36.0 Å². The summed E-state index contributed by atoms with van der Waals surface area (Å²) in [4.78, 5) is 39.7. The highest BCUT2D eigenvalue weighted by Gasteiger charge is 2.28. The number of aromatic amines is 1. The van der Waals surface area contributed by atoms with Gasteiger partial charge < -0.3 is 24.4 Å². The predicted molar refractivity (Wildman–Crippen MR) is 181 cm³/mol. The molecule has 1 fully saturated rings. The van der Waals surface area contributed by atoms with Crippen LogP contribution in [-0.2, 0) is 11.3 Å². The highest BCUT2D eigenvalue weighted by atomic mass is 19.1. The number of nitrogens with one attached hydrogen (secondary N) is 1. The van der Waals surface area contributed by atoms with Crippen LogP contribution in [0.5, 0.6) is 5.75 Å². The van der Waals surface area contributed by atoms with E-state index in [1.54, 1.807) is 32.9 Å². The first-order valence-corrected chi connectivity index (χ1v) is 16.3. The molecule has 0 atom stereocenters. The van der Waals surface area contributed by atoms with Gasteiger partial charge in [0.1, 0.15) is 11.5 Å². The summed E-state index contributed by atoms with van der Waals surface area (Å²) in [5, 5.41) is 8.33. The average molecular weight is 667 g/mol. The molecule has 49 heavy (non-hydrogen) atoms. The minimum atomic E-state index is -0.487. The van der Waals surface area contributed by atoms with E-state index >= 15 is 4.39 Å². The van der Waals surface area contributed by atoms with E-state index in [0.29, 0.717) is 68.2 Å². The molecule has 252 valence electrons. The van der Waals surface area contributed by atoms with Crippen molar-refractivity contribution in [3.8, 4) is 16.9 Å². The number of piperazine rings is 1. The number of anilines is 1. The fourth-order valence-electron chi connectivity index (χ4n) is 6.63. The summed E-state index contributed by atoms with van der Waals surface area (Å²) in [7, 11) is 1.47. The number of ether oxygens (including phenoxy) is 1. The van der Waals surface area contributed by atoms with Crippen LogP contribution in [0.1, 0.15) is 34.5 Å². The summed E-state index contributed by atoms with van der Waals surface area (Å²) < 4.78 is 37.2. The van der Waals surface area contributed by atoms with E-state index in [9.17, 15) is 14.0 Å². The zero-order valence-electron chi connectivity index (χ0n) is 27.3. The molecule has 0 bridgehead atoms. The van der Waals surface area contributed by atoms with Crippen molar-refractivity contribution in [2.24, 2.45) is 0 Å². The fourth-order valence-corrected chi connectivity index (χ4v) is 6.63. The molecule has 5 heterocycles. The summed E-state index contributed by atoms with van der Waals surface area (Å²) in [6.07, 6.45) is 7.28. The molecule has 7 rings (SSSR count). The van der Waals surface area contributed by atoms with Crippen molar-refractivity contribution >= 4 is 34.1 Å². The van der Waals surface area contributed by atoms with Crippen LogP contribution in [-0.4, -0.2) is 93.0 Å². The number of amides is 2. The normalized spacial score (nSPS) is 15.1. The van der Waals surface area contributed by atoms with Gasteiger partial charge in [-0.1, -0.05) is 41.1 Å². The molecule has 2 aliphatic heterocycles. The Morgan fingerprint density at radius 2 is 1.84 bits per heavy atom. The third kappa shape index (κ3) is 6.48. The van der Waals surface area contributed by atoms with Crippen molar-refractivity contribution in [3.05, 3.63) is 95.6 Å². The van der Waals surface area contributed by atoms with Gasteiger partial charge in [-0.25, -0.2) is 13.8 Å². The standard InChI is InChI=1S/C36H36F2N8O3/c1-23-5-3-6-24(17-23)27-19-28(25-7-4-10-45(22-25)32(47)8-11-46-12-9-40-42-46)33(38)34-29(27)20-30(41-34)36(48)44-15-13-43(14-16-44)35-31(49-2)18-26(37)21-39-35/h3,5-7,9,12,17-21,41H,4,8,10-11,13-16,22H2,1-2H3. The first-order chi connectivity index (χ1) is 23.8. The quantitative estimate of drug-likeness (QED) is 0.246. The Hall–Kier alpha value is -5.59. The van der Waals surface area contributed by atoms with Gasteiger partial charge in [0, 0.05) is 68.9 Å². The van der Waals surface area contributed by atoms with Crippen molar-refractivity contribution in [2.45, 2.75) is 26.3 Å². The number of fused-ring (bicyclic) bond motifs is 1. The number of nitrogens with zero attached hydrogens (tertiary/aromatic N) is 7. The topological polar surface area (TPSA) is 112 Å². The molecule has 0 spiro atoms. The van der Waals surface area contributed by atoms with Crippen LogP contribution in [0.4, 0.5) is 14.6 Å². The fraction of sp³-hybridized carbons (Fsp3) is 0.306. The molecule has 3 aromatic heterocycles. The smallest absolute Gasteiger partial charge is 0.270 e. The van der Waals surface area contributed by atoms with Crippen molar-refractivity contribution < 1.29 is 23.1 Å². The maximum absolute atomic E-state index is 16.6. The van der Waals surface area contributed by atoms with E-state index in [0.717, 1.165) is 28.5 Å². The molecule has 2 aliphatic rings. The second-order valence-electron chi connectivity index (χ2n) is 12.3. The zero-order valence-corrected chi connectivity index (χ0v) is 27.3. The Balaban J connectivity index is 1.17. The number of aromatic nitrogens is 5. The van der Waals surface area contributed by atoms with Crippen LogP contribution in [0.15, 0.2) is 67.1 Å². The molecule has 13 heteroatoms. The lowest BCUT2D eigenvalue weighted by Crippen LogP contribution is -2.49. The van der Waals surface area contributed by atoms with Crippen molar-refractivity contribution in [1.82, 2.24) is 34.8 Å². The monoisotopic (exact) mass is 666 g/mol. The van der Waals surface area contributed by atoms with Crippen molar-refractivity contribution in [2.75, 3.05) is 51.3 Å². The number of pyridine rings is 1. The summed E-state index contributed by atoms with van der Waals surface area (Å²) in [5.41, 5.74) is 4.39. The predicted octanol–water partition coefficient (Wildman–Crippen LogP) is 5.09. The molecule has 11 nitrogen and oxygen atoms in total. The summed E-state index contributed by atoms with van der Waals surface area (Å²) in [6, 6.07) is 12.8. The van der Waals surface area contributed by atoms with Gasteiger partial charge in [0.15, 0.2) is 17.4 Å². The molecule has 2 amide bonds. The molecule has 2 aromatic carbocycles. The van der Waals surface area contributed by atoms with Gasteiger partial charge in [-0.05, 0) is 42.2 Å². The van der Waals surface area contributed by atoms with E-state index in [4.69, 9.17) is 4.74 Å². The van der Waals surface area contributed by atoms with Gasteiger partial charge in [-0.15, -0.1) is 5.10 Å². The van der Waals surface area contributed by atoms with Crippen LogP contribution >= 0.6 is 0 Å². The molecule has 1 saturated heterocycles. The number of halogens is 2. The molecule has 1 N–H and O–H groups in total. The number of H-pyrrole nitrogens is 1. The lowest BCUT2D eigenvalue weighted by Gasteiger charge is -2.35. The average Bonchev–Trinajstić information content (AvgIpc) is 3.82. The SMILES string of the molecule is COc1cc(F)cnc1N1CCN(C(=O)c2cc3c(-c4cccc(C)c4)cc(C4=CCCN(C(=O)CCn5ccnn5)C4)c(F)c3[nH]2)CC1. The van der Waals surface area contributed by atoms with Gasteiger partial charge >= 0.3 is 0 Å². The highest BCUT2D eigenvalue weighted by molar-refractivity contribution is 6.04. The molecule has 0 aliphatic carbocycles. The Kier molecular flexibility index (Phi) is 8.81. The van der Waals surface area contributed by atoms with Crippen LogP contribution < -0.4 is 9.64 Å². The zero-order chi connectivity index (χ0) is 34.1. The third-order valence-corrected chi connectivity index (χ3v) is 9.17. The van der Waals surface area contributed by atoms with Gasteiger partial charge in [-0.3, -0.25) is 14.3 Å². The number of hydrogen-bond donors (Lipinski definition) is 1. The number of methoxy groups -OCH3 is 1. The minimum absolute atomic E-state index is 0.0389. The lowest BCUT2D eigenvalue weighted by atomic mass is 9.92. The Labute approximate surface area is 281 Å². The molecule has 0 unspecified atom stereocenters. The Bertz CT molecular complexity index is 2050. The number of hydrogen-bond acceptors (Lipinski definition) is 7. The maximum Gasteiger partial charge on any atom is 0.270 e. The lowest BCUT2D eigenvalue weighted by molar-refractivity contribution is -0.131. The van der Waals surface area contributed by atoms with Crippen LogP contribution in [0.25, 0.3) is 27.6 Å². The van der Waals surface area contributed by atoms with Crippen LogP contribution in [0, 0.1) is 18.6 Å². The van der Waals surface area contributed by atoms with Gasteiger partial charge in [0.25, 0.3) is 5.91 Å². The molecular weight excluding hydrogens is 630 g/mol. The van der Waals surface area contributed by atoms with Gasteiger partial charge in [0.05, 0.1) is 31.6 Å². The maximum atomic E-state index is 16.6. The molecule has 0 saturated carbocycles. The summed E-state index contributed by atoms with van der Waals surface area (Å²) in [5.74, 6) is -0.384. The van der Waals surface area contributed by atoms with E-state index in [1.165, 1.54) is 13.2 Å². The van der Waals surface area contributed by atoms with Crippen molar-refractivity contribution in [3.63, 3.8) is 0 Å². The molecule has 5 aromatic rings. The van der Waals surface area contributed by atoms with E-state index < -0.39 is 11.6 Å². The number of rotatable bonds is 8. The molecule has 0 radical (unpaired) electrons. The van der Waals surface area contributed by atoms with Gasteiger partial charge in [0.2, 0.25) is 5.91 Å². The summed E-state index contributed by atoms with van der Waals surface area (Å²) >= 11 is 0. The van der Waals surface area contributed by atoms with E-state index in [1.807, 2.05) is 48.2 Å². The van der Waals surface area contributed by atoms with Gasteiger partial charge in [-0.2, -0.15) is 0 Å². The Morgan fingerprint density at radius 1 is 1.00 bits per heavy atom. The van der Waals surface area contributed by atoms with Crippen LogP contribution in [0.3, 0.4) is 0 Å². The van der Waals surface area contributed by atoms with E-state index in [2.05, 4.69) is 20.3 Å².